The van der Waals surface area contributed by atoms with Crippen LogP contribution in [-0.4, -0.2) is 12.1 Å². The maximum atomic E-state index is 13.5. The molecule has 1 N–H and O–H groups in total. The molecule has 0 radical (unpaired) electrons. The number of nitriles is 1. The third-order valence-corrected chi connectivity index (χ3v) is 2.31. The van der Waals surface area contributed by atoms with Gasteiger partial charge in [-0.2, -0.15) is 5.26 Å². The van der Waals surface area contributed by atoms with E-state index in [1.165, 1.54) is 25.4 Å². The molecule has 18 heavy (non-hydrogen) atoms. The Kier molecular flexibility index (Phi) is 3.39. The minimum absolute atomic E-state index is 0.188. The number of anilines is 2. The summed E-state index contributed by atoms with van der Waals surface area (Å²) in [5.41, 5.74) is 1.54. The molecule has 0 bridgehead atoms. The summed E-state index contributed by atoms with van der Waals surface area (Å²) in [6.45, 7) is 0. The Bertz CT molecular complexity index is 607. The standard InChI is InChI=1S/C13H10FN3O/c1-18-13-3-2-9(7-12(13)14)17-10-4-5-16-11(6-10)8-15/h2-7H,1H3,(H,16,17). The monoisotopic (exact) mass is 243 g/mol. The van der Waals surface area contributed by atoms with Gasteiger partial charge in [-0.05, 0) is 24.3 Å². The lowest BCUT2D eigenvalue weighted by Gasteiger charge is -2.08. The number of nitrogens with one attached hydrogen (secondary N) is 1. The lowest BCUT2D eigenvalue weighted by molar-refractivity contribution is 0.386. The Hall–Kier alpha value is -2.61. The van der Waals surface area contributed by atoms with Crippen molar-refractivity contribution >= 4 is 11.4 Å². The normalized spacial score (nSPS) is 9.61. The molecular weight excluding hydrogens is 233 g/mol. The van der Waals surface area contributed by atoms with Crippen LogP contribution in [0.4, 0.5) is 15.8 Å². The second-order valence-electron chi connectivity index (χ2n) is 3.52. The maximum absolute atomic E-state index is 13.5. The van der Waals surface area contributed by atoms with Crippen LogP contribution in [0.5, 0.6) is 5.75 Å². The fourth-order valence-electron chi connectivity index (χ4n) is 1.48. The molecule has 0 saturated heterocycles. The first-order valence-electron chi connectivity index (χ1n) is 5.19. The van der Waals surface area contributed by atoms with Crippen LogP contribution < -0.4 is 10.1 Å². The van der Waals surface area contributed by atoms with Crippen LogP contribution in [0.25, 0.3) is 0 Å². The summed E-state index contributed by atoms with van der Waals surface area (Å²) < 4.78 is 18.3. The molecule has 0 aliphatic heterocycles. The zero-order valence-electron chi connectivity index (χ0n) is 9.64. The number of pyridine rings is 1. The lowest BCUT2D eigenvalue weighted by atomic mass is 10.2. The van der Waals surface area contributed by atoms with Gasteiger partial charge in [-0.3, -0.25) is 0 Å². The van der Waals surface area contributed by atoms with Gasteiger partial charge in [0.05, 0.1) is 7.11 Å². The summed E-state index contributed by atoms with van der Waals surface area (Å²) in [6.07, 6.45) is 1.51. The summed E-state index contributed by atoms with van der Waals surface area (Å²) in [6, 6.07) is 9.77. The fourth-order valence-corrected chi connectivity index (χ4v) is 1.48. The van der Waals surface area contributed by atoms with Crippen LogP contribution in [0.3, 0.4) is 0 Å². The molecule has 90 valence electrons. The highest BCUT2D eigenvalue weighted by molar-refractivity contribution is 5.61. The third-order valence-electron chi connectivity index (χ3n) is 2.31. The highest BCUT2D eigenvalue weighted by Crippen LogP contribution is 2.23. The van der Waals surface area contributed by atoms with Crippen LogP contribution in [0.1, 0.15) is 5.69 Å². The molecule has 0 unspecified atom stereocenters. The molecule has 0 aliphatic rings. The number of hydrogen-bond acceptors (Lipinski definition) is 4. The van der Waals surface area contributed by atoms with E-state index in [1.54, 1.807) is 18.2 Å². The largest absolute Gasteiger partial charge is 0.494 e. The fraction of sp³-hybridized carbons (Fsp3) is 0.0769. The summed E-state index contributed by atoms with van der Waals surface area (Å²) in [7, 11) is 1.41. The van der Waals surface area contributed by atoms with Crippen molar-refractivity contribution in [2.24, 2.45) is 0 Å². The highest BCUT2D eigenvalue weighted by atomic mass is 19.1. The van der Waals surface area contributed by atoms with Gasteiger partial charge in [-0.1, -0.05) is 0 Å². The van der Waals surface area contributed by atoms with Crippen molar-refractivity contribution in [3.8, 4) is 11.8 Å². The van der Waals surface area contributed by atoms with Gasteiger partial charge in [0.15, 0.2) is 11.6 Å². The first kappa shape index (κ1) is 11.9. The van der Waals surface area contributed by atoms with Crippen LogP contribution >= 0.6 is 0 Å². The minimum atomic E-state index is -0.447. The van der Waals surface area contributed by atoms with Gasteiger partial charge in [0, 0.05) is 23.6 Å². The van der Waals surface area contributed by atoms with Crippen LogP contribution in [-0.2, 0) is 0 Å². The van der Waals surface area contributed by atoms with Gasteiger partial charge in [-0.15, -0.1) is 0 Å². The van der Waals surface area contributed by atoms with Crippen molar-refractivity contribution in [3.63, 3.8) is 0 Å². The average Bonchev–Trinajstić information content (AvgIpc) is 2.39. The third kappa shape index (κ3) is 2.55. The molecule has 2 rings (SSSR count). The first-order valence-corrected chi connectivity index (χ1v) is 5.19. The quantitative estimate of drug-likeness (QED) is 0.900. The number of aromatic nitrogens is 1. The topological polar surface area (TPSA) is 57.9 Å². The van der Waals surface area contributed by atoms with Crippen molar-refractivity contribution in [1.29, 1.82) is 5.26 Å². The van der Waals surface area contributed by atoms with Crippen molar-refractivity contribution in [3.05, 3.63) is 48.0 Å². The Morgan fingerprint density at radius 3 is 2.72 bits per heavy atom. The number of benzene rings is 1. The number of rotatable bonds is 3. The van der Waals surface area contributed by atoms with E-state index in [0.717, 1.165) is 0 Å². The second-order valence-corrected chi connectivity index (χ2v) is 3.52. The van der Waals surface area contributed by atoms with Gasteiger partial charge < -0.3 is 10.1 Å². The van der Waals surface area contributed by atoms with Crippen molar-refractivity contribution in [2.45, 2.75) is 0 Å². The molecule has 0 aliphatic carbocycles. The molecule has 4 nitrogen and oxygen atoms in total. The number of ether oxygens (including phenoxy) is 1. The number of hydrogen-bond donors (Lipinski definition) is 1. The molecule has 0 atom stereocenters. The van der Waals surface area contributed by atoms with Crippen molar-refractivity contribution < 1.29 is 9.13 Å². The second kappa shape index (κ2) is 5.15. The smallest absolute Gasteiger partial charge is 0.167 e. The number of halogens is 1. The van der Waals surface area contributed by atoms with Gasteiger partial charge in [0.25, 0.3) is 0 Å². The molecule has 5 heteroatoms. The average molecular weight is 243 g/mol. The van der Waals surface area contributed by atoms with Crippen LogP contribution in [0, 0.1) is 17.1 Å². The Balaban J connectivity index is 2.23. The molecule has 2 aromatic rings. The first-order chi connectivity index (χ1) is 8.72. The van der Waals surface area contributed by atoms with Gasteiger partial charge in [0.1, 0.15) is 11.8 Å². The number of nitrogens with zero attached hydrogens (tertiary/aromatic N) is 2. The van der Waals surface area contributed by atoms with Crippen LogP contribution in [0.2, 0.25) is 0 Å². The highest BCUT2D eigenvalue weighted by Gasteiger charge is 2.04. The van der Waals surface area contributed by atoms with E-state index in [4.69, 9.17) is 10.00 Å². The zero-order chi connectivity index (χ0) is 13.0. The molecule has 1 aromatic heterocycles. The predicted molar refractivity (Wildman–Crippen MR) is 65.2 cm³/mol. The van der Waals surface area contributed by atoms with Gasteiger partial charge in [0.2, 0.25) is 0 Å². The van der Waals surface area contributed by atoms with Crippen molar-refractivity contribution in [2.75, 3.05) is 12.4 Å². The van der Waals surface area contributed by atoms with Gasteiger partial charge >= 0.3 is 0 Å². The molecule has 1 heterocycles. The minimum Gasteiger partial charge on any atom is -0.494 e. The number of methoxy groups -OCH3 is 1. The van der Waals surface area contributed by atoms with E-state index >= 15 is 0 Å². The Labute approximate surface area is 104 Å². The van der Waals surface area contributed by atoms with E-state index in [0.29, 0.717) is 17.1 Å². The molecule has 1 aromatic carbocycles. The van der Waals surface area contributed by atoms with E-state index in [2.05, 4.69) is 10.3 Å². The molecule has 0 spiro atoms. The van der Waals surface area contributed by atoms with Crippen molar-refractivity contribution in [1.82, 2.24) is 4.98 Å². The SMILES string of the molecule is COc1ccc(Nc2ccnc(C#N)c2)cc1F. The van der Waals surface area contributed by atoms with Crippen LogP contribution in [0.15, 0.2) is 36.5 Å². The summed E-state index contributed by atoms with van der Waals surface area (Å²) in [5, 5.41) is 11.7. The zero-order valence-corrected chi connectivity index (χ0v) is 9.64. The molecule has 0 fully saturated rings. The van der Waals surface area contributed by atoms with E-state index < -0.39 is 5.82 Å². The summed E-state index contributed by atoms with van der Waals surface area (Å²) >= 11 is 0. The Morgan fingerprint density at radius 1 is 1.28 bits per heavy atom. The Morgan fingerprint density at radius 2 is 2.06 bits per heavy atom. The summed E-state index contributed by atoms with van der Waals surface area (Å²) in [4.78, 5) is 3.85. The lowest BCUT2D eigenvalue weighted by Crippen LogP contribution is -1.94. The molecular formula is C13H10FN3O. The summed E-state index contributed by atoms with van der Waals surface area (Å²) in [5.74, 6) is -0.259. The van der Waals surface area contributed by atoms with Gasteiger partial charge in [-0.25, -0.2) is 9.37 Å². The molecule has 0 saturated carbocycles. The predicted octanol–water partition coefficient (Wildman–Crippen LogP) is 2.84. The van der Waals surface area contributed by atoms with E-state index in [-0.39, 0.29) is 5.75 Å². The van der Waals surface area contributed by atoms with E-state index in [9.17, 15) is 4.39 Å². The maximum Gasteiger partial charge on any atom is 0.167 e. The van der Waals surface area contributed by atoms with E-state index in [1.807, 2.05) is 6.07 Å². The molecule has 0 amide bonds.